The van der Waals surface area contributed by atoms with E-state index >= 15 is 0 Å². The number of hydrogen-bond donors (Lipinski definition) is 1. The summed E-state index contributed by atoms with van der Waals surface area (Å²) in [4.78, 5) is 0. The highest BCUT2D eigenvalue weighted by Gasteiger charge is 2.56. The van der Waals surface area contributed by atoms with Crippen LogP contribution in [0.1, 0.15) is 5.56 Å². The average Bonchev–Trinajstić information content (AvgIpc) is 3.15. The van der Waals surface area contributed by atoms with E-state index in [1.54, 1.807) is 16.8 Å². The Morgan fingerprint density at radius 2 is 1.73 bits per heavy atom. The third kappa shape index (κ3) is 3.80. The number of benzene rings is 3. The van der Waals surface area contributed by atoms with Gasteiger partial charge in [0.05, 0.1) is 17.4 Å². The van der Waals surface area contributed by atoms with Crippen LogP contribution in [-0.2, 0) is 5.60 Å². The van der Waals surface area contributed by atoms with Gasteiger partial charge in [0, 0.05) is 9.86 Å². The highest BCUT2D eigenvalue weighted by Crippen LogP contribution is 2.40. The van der Waals surface area contributed by atoms with Crippen LogP contribution in [0.3, 0.4) is 0 Å². The molecule has 8 heteroatoms. The number of alkyl halides is 3. The number of rotatable bonds is 5. The molecule has 0 aliphatic rings. The van der Waals surface area contributed by atoms with Crippen molar-refractivity contribution < 1.29 is 23.0 Å². The molecule has 30 heavy (non-hydrogen) atoms. The van der Waals surface area contributed by atoms with E-state index in [-0.39, 0.29) is 11.3 Å². The van der Waals surface area contributed by atoms with Gasteiger partial charge in [0.15, 0.2) is 0 Å². The molecule has 0 bridgehead atoms. The van der Waals surface area contributed by atoms with Crippen LogP contribution in [0.5, 0.6) is 5.75 Å². The predicted molar refractivity (Wildman–Crippen MR) is 111 cm³/mol. The molecule has 0 radical (unpaired) electrons. The van der Waals surface area contributed by atoms with E-state index in [1.165, 1.54) is 36.5 Å². The van der Waals surface area contributed by atoms with Crippen molar-refractivity contribution in [3.63, 3.8) is 0 Å². The molecule has 0 spiro atoms. The zero-order chi connectivity index (χ0) is 21.4. The summed E-state index contributed by atoms with van der Waals surface area (Å²) in [6.45, 7) is -0.981. The SMILES string of the molecule is OC(COc1cccc(Br)c1)(c1ccc2c(cnn2-c2ccccc2)c1)C(F)(F)F. The van der Waals surface area contributed by atoms with Crippen LogP contribution >= 0.6 is 15.9 Å². The van der Waals surface area contributed by atoms with Crippen molar-refractivity contribution in [2.24, 2.45) is 0 Å². The van der Waals surface area contributed by atoms with Gasteiger partial charge in [-0.25, -0.2) is 4.68 Å². The number of fused-ring (bicyclic) bond motifs is 1. The molecule has 1 atom stereocenters. The fraction of sp³-hybridized carbons (Fsp3) is 0.136. The number of aromatic nitrogens is 2. The highest BCUT2D eigenvalue weighted by atomic mass is 79.9. The molecule has 1 N–H and O–H groups in total. The molecule has 1 unspecified atom stereocenters. The molecule has 0 amide bonds. The van der Waals surface area contributed by atoms with Crippen molar-refractivity contribution in [1.29, 1.82) is 0 Å². The lowest BCUT2D eigenvalue weighted by molar-refractivity contribution is -0.275. The summed E-state index contributed by atoms with van der Waals surface area (Å²) in [7, 11) is 0. The number of nitrogens with zero attached hydrogens (tertiary/aromatic N) is 2. The van der Waals surface area contributed by atoms with Crippen molar-refractivity contribution in [3.05, 3.63) is 89.0 Å². The Labute approximate surface area is 178 Å². The lowest BCUT2D eigenvalue weighted by atomic mass is 9.93. The molecular weight excluding hydrogens is 461 g/mol. The van der Waals surface area contributed by atoms with Crippen molar-refractivity contribution >= 4 is 26.8 Å². The number of halogens is 4. The fourth-order valence-corrected chi connectivity index (χ4v) is 3.52. The molecular formula is C22H16BrF3N2O2. The first-order valence-corrected chi connectivity index (χ1v) is 9.78. The van der Waals surface area contributed by atoms with Crippen LogP contribution in [0.25, 0.3) is 16.6 Å². The van der Waals surface area contributed by atoms with Gasteiger partial charge in [0.1, 0.15) is 12.4 Å². The van der Waals surface area contributed by atoms with Crippen molar-refractivity contribution in [2.75, 3.05) is 6.61 Å². The Kier molecular flexibility index (Phi) is 5.29. The maximum absolute atomic E-state index is 13.9. The van der Waals surface area contributed by atoms with E-state index in [4.69, 9.17) is 4.74 Å². The lowest BCUT2D eigenvalue weighted by Crippen LogP contribution is -2.47. The number of para-hydroxylation sites is 1. The van der Waals surface area contributed by atoms with Gasteiger partial charge in [-0.05, 0) is 48.0 Å². The van der Waals surface area contributed by atoms with Gasteiger partial charge >= 0.3 is 6.18 Å². The molecule has 0 fully saturated rings. The Morgan fingerprint density at radius 1 is 0.967 bits per heavy atom. The minimum absolute atomic E-state index is 0.213. The third-order valence-corrected chi connectivity index (χ3v) is 5.25. The molecule has 0 aliphatic heterocycles. The zero-order valence-corrected chi connectivity index (χ0v) is 17.1. The van der Waals surface area contributed by atoms with Gasteiger partial charge in [-0.2, -0.15) is 18.3 Å². The molecule has 4 rings (SSSR count). The Balaban J connectivity index is 1.70. The second-order valence-corrected chi connectivity index (χ2v) is 7.69. The second-order valence-electron chi connectivity index (χ2n) is 6.77. The van der Waals surface area contributed by atoms with Crippen LogP contribution in [0.2, 0.25) is 0 Å². The van der Waals surface area contributed by atoms with E-state index in [1.807, 2.05) is 30.3 Å². The summed E-state index contributed by atoms with van der Waals surface area (Å²) < 4.78 is 49.2. The number of ether oxygens (including phenoxy) is 1. The van der Waals surface area contributed by atoms with Gasteiger partial charge in [-0.1, -0.05) is 46.3 Å². The van der Waals surface area contributed by atoms with Crippen molar-refractivity contribution in [3.8, 4) is 11.4 Å². The molecule has 4 nitrogen and oxygen atoms in total. The van der Waals surface area contributed by atoms with E-state index in [2.05, 4.69) is 21.0 Å². The summed E-state index contributed by atoms with van der Waals surface area (Å²) in [6.07, 6.45) is -3.47. The van der Waals surface area contributed by atoms with Crippen molar-refractivity contribution in [2.45, 2.75) is 11.8 Å². The van der Waals surface area contributed by atoms with Gasteiger partial charge in [0.2, 0.25) is 5.60 Å². The standard InChI is InChI=1S/C22H16BrF3N2O2/c23-17-5-4-8-19(12-17)30-14-21(29,22(24,25)26)16-9-10-20-15(11-16)13-27-28(20)18-6-2-1-3-7-18/h1-13,29H,14H2. The fourth-order valence-electron chi connectivity index (χ4n) is 3.14. The molecule has 0 saturated heterocycles. The Bertz CT molecular complexity index is 1180. The van der Waals surface area contributed by atoms with Crippen LogP contribution in [-0.4, -0.2) is 27.7 Å². The predicted octanol–water partition coefficient (Wildman–Crippen LogP) is 5.62. The monoisotopic (exact) mass is 476 g/mol. The smallest absolute Gasteiger partial charge is 0.424 e. The highest BCUT2D eigenvalue weighted by molar-refractivity contribution is 9.10. The van der Waals surface area contributed by atoms with Crippen LogP contribution < -0.4 is 4.74 Å². The minimum Gasteiger partial charge on any atom is -0.490 e. The average molecular weight is 477 g/mol. The van der Waals surface area contributed by atoms with Crippen LogP contribution in [0.4, 0.5) is 13.2 Å². The number of aliphatic hydroxyl groups is 1. The normalized spacial score (nSPS) is 13.9. The van der Waals surface area contributed by atoms with E-state index in [9.17, 15) is 18.3 Å². The first kappa shape index (κ1) is 20.4. The summed E-state index contributed by atoms with van der Waals surface area (Å²) in [5.74, 6) is 0.213. The van der Waals surface area contributed by atoms with Gasteiger partial charge in [-0.3, -0.25) is 0 Å². The number of hydrogen-bond acceptors (Lipinski definition) is 3. The largest absolute Gasteiger partial charge is 0.490 e. The topological polar surface area (TPSA) is 47.3 Å². The van der Waals surface area contributed by atoms with Crippen LogP contribution in [0, 0.1) is 0 Å². The first-order valence-electron chi connectivity index (χ1n) is 8.99. The van der Waals surface area contributed by atoms with Gasteiger partial charge in [0.25, 0.3) is 0 Å². The Morgan fingerprint density at radius 3 is 2.43 bits per heavy atom. The van der Waals surface area contributed by atoms with Gasteiger partial charge in [-0.15, -0.1) is 0 Å². The maximum Gasteiger partial charge on any atom is 0.424 e. The van der Waals surface area contributed by atoms with E-state index in [0.29, 0.717) is 15.4 Å². The molecule has 0 saturated carbocycles. The second kappa shape index (κ2) is 7.77. The summed E-state index contributed by atoms with van der Waals surface area (Å²) in [5.41, 5.74) is -2.09. The molecule has 1 aromatic heterocycles. The van der Waals surface area contributed by atoms with Crippen LogP contribution in [0.15, 0.2) is 83.5 Å². The molecule has 3 aromatic carbocycles. The summed E-state index contributed by atoms with van der Waals surface area (Å²) in [6, 6.07) is 19.7. The molecule has 154 valence electrons. The molecule has 4 aromatic rings. The van der Waals surface area contributed by atoms with Gasteiger partial charge < -0.3 is 9.84 Å². The molecule has 1 heterocycles. The minimum atomic E-state index is -4.94. The Hall–Kier alpha value is -2.84. The molecule has 0 aliphatic carbocycles. The zero-order valence-electron chi connectivity index (χ0n) is 15.5. The summed E-state index contributed by atoms with van der Waals surface area (Å²) >= 11 is 3.24. The maximum atomic E-state index is 13.9. The van der Waals surface area contributed by atoms with E-state index < -0.39 is 18.4 Å². The van der Waals surface area contributed by atoms with E-state index in [0.717, 1.165) is 5.69 Å². The van der Waals surface area contributed by atoms with Crippen molar-refractivity contribution in [1.82, 2.24) is 9.78 Å². The quantitative estimate of drug-likeness (QED) is 0.406. The first-order chi connectivity index (χ1) is 14.3. The summed E-state index contributed by atoms with van der Waals surface area (Å²) in [5, 5.41) is 15.4. The lowest BCUT2D eigenvalue weighted by Gasteiger charge is -2.31. The third-order valence-electron chi connectivity index (χ3n) is 4.76.